The second-order valence-electron chi connectivity index (χ2n) is 9.07. The molecule has 0 radical (unpaired) electrons. The Morgan fingerprint density at radius 3 is 1.47 bits per heavy atom. The fourth-order valence-corrected chi connectivity index (χ4v) is 8.70. The van der Waals surface area contributed by atoms with Crippen molar-refractivity contribution in [1.82, 2.24) is 0 Å². The zero-order chi connectivity index (χ0) is 23.0. The molecule has 0 saturated heterocycles. The first-order chi connectivity index (χ1) is 14.1. The first kappa shape index (κ1) is 29.9. The Morgan fingerprint density at radius 1 is 0.567 bits per heavy atom. The van der Waals surface area contributed by atoms with E-state index in [1.54, 1.807) is 13.8 Å². The average molecular weight is 467 g/mol. The smallest absolute Gasteiger partial charge is 0.156 e. The van der Waals surface area contributed by atoms with Crippen molar-refractivity contribution in [3.05, 3.63) is 0 Å². The Balaban J connectivity index is 4.59. The van der Waals surface area contributed by atoms with Crippen molar-refractivity contribution in [3.8, 4) is 0 Å². The lowest BCUT2D eigenvalue weighted by Gasteiger charge is -2.25. The topological polar surface area (TPSA) is 68.3 Å². The van der Waals surface area contributed by atoms with Crippen molar-refractivity contribution in [2.75, 3.05) is 5.75 Å². The molecule has 0 amide bonds. The second-order valence-corrected chi connectivity index (χ2v) is 14.1. The zero-order valence-corrected chi connectivity index (χ0v) is 22.1. The molecule has 0 rings (SSSR count). The van der Waals surface area contributed by atoms with E-state index in [0.717, 1.165) is 38.5 Å². The van der Waals surface area contributed by atoms with Crippen LogP contribution >= 0.6 is 0 Å². The number of unbranched alkanes of at least 4 members (excludes halogenated alkanes) is 11. The molecule has 182 valence electrons. The molecule has 0 aromatic rings. The van der Waals surface area contributed by atoms with Crippen LogP contribution in [0.3, 0.4) is 0 Å². The van der Waals surface area contributed by atoms with Gasteiger partial charge in [-0.15, -0.1) is 0 Å². The van der Waals surface area contributed by atoms with Gasteiger partial charge in [0.2, 0.25) is 0 Å². The molecule has 0 aromatic heterocycles. The van der Waals surface area contributed by atoms with Crippen LogP contribution in [0.4, 0.5) is 0 Å². The Kier molecular flexibility index (Phi) is 16.5. The number of sulfone groups is 2. The summed E-state index contributed by atoms with van der Waals surface area (Å²) in [5, 5.41) is -2.09. The molecule has 0 aliphatic rings. The summed E-state index contributed by atoms with van der Waals surface area (Å²) in [4.78, 5) is 0. The highest BCUT2D eigenvalue weighted by molar-refractivity contribution is 7.96. The van der Waals surface area contributed by atoms with Gasteiger partial charge < -0.3 is 0 Å². The molecule has 30 heavy (non-hydrogen) atoms. The van der Waals surface area contributed by atoms with E-state index < -0.39 is 35.4 Å². The van der Waals surface area contributed by atoms with E-state index in [9.17, 15) is 16.8 Å². The van der Waals surface area contributed by atoms with E-state index in [1.165, 1.54) is 38.5 Å². The number of hydrogen-bond donors (Lipinski definition) is 0. The van der Waals surface area contributed by atoms with E-state index in [2.05, 4.69) is 13.8 Å². The normalized spacial score (nSPS) is 15.8. The summed E-state index contributed by atoms with van der Waals surface area (Å²) < 4.78 is 51.8. The average Bonchev–Trinajstić information content (AvgIpc) is 2.71. The first-order valence-electron chi connectivity index (χ1n) is 12.6. The monoisotopic (exact) mass is 466 g/mol. The molecule has 0 saturated carbocycles. The molecule has 0 fully saturated rings. The minimum Gasteiger partial charge on any atom is -0.229 e. The van der Waals surface area contributed by atoms with Gasteiger partial charge in [-0.05, 0) is 33.1 Å². The Labute approximate surface area is 188 Å². The fraction of sp³-hybridized carbons (Fsp3) is 1.00. The maximum Gasteiger partial charge on any atom is 0.156 e. The highest BCUT2D eigenvalue weighted by Crippen LogP contribution is 2.25. The third-order valence-corrected chi connectivity index (χ3v) is 12.1. The minimum absolute atomic E-state index is 0.108. The van der Waals surface area contributed by atoms with Gasteiger partial charge in [-0.1, -0.05) is 97.8 Å². The minimum atomic E-state index is -3.45. The molecule has 0 heterocycles. The number of hydrogen-bond acceptors (Lipinski definition) is 4. The molecule has 6 heteroatoms. The molecular formula is C24H50O4S2. The van der Waals surface area contributed by atoms with E-state index in [-0.39, 0.29) is 5.75 Å². The van der Waals surface area contributed by atoms with Gasteiger partial charge in [0.05, 0.1) is 21.5 Å². The van der Waals surface area contributed by atoms with Crippen LogP contribution in [0.25, 0.3) is 0 Å². The lowest BCUT2D eigenvalue weighted by Crippen LogP contribution is -2.41. The molecule has 3 atom stereocenters. The van der Waals surface area contributed by atoms with Crippen LogP contribution in [0, 0.1) is 0 Å². The van der Waals surface area contributed by atoms with E-state index in [1.807, 2.05) is 6.92 Å². The summed E-state index contributed by atoms with van der Waals surface area (Å²) in [6, 6.07) is 0. The van der Waals surface area contributed by atoms with Crippen molar-refractivity contribution in [2.24, 2.45) is 0 Å². The Bertz CT molecular complexity index is 611. The largest absolute Gasteiger partial charge is 0.229 e. The van der Waals surface area contributed by atoms with Crippen LogP contribution in [0.5, 0.6) is 0 Å². The van der Waals surface area contributed by atoms with Crippen LogP contribution in [-0.4, -0.2) is 38.3 Å². The quantitative estimate of drug-likeness (QED) is 0.183. The lowest BCUT2D eigenvalue weighted by atomic mass is 10.1. The van der Waals surface area contributed by atoms with Crippen LogP contribution in [-0.2, 0) is 19.7 Å². The summed E-state index contributed by atoms with van der Waals surface area (Å²) in [5.74, 6) is 0.108. The highest BCUT2D eigenvalue weighted by atomic mass is 32.2. The third kappa shape index (κ3) is 11.5. The second kappa shape index (κ2) is 16.5. The molecule has 3 unspecified atom stereocenters. The molecule has 0 N–H and O–H groups in total. The fourth-order valence-electron chi connectivity index (χ4n) is 4.06. The Hall–Kier alpha value is -0.100. The van der Waals surface area contributed by atoms with Crippen molar-refractivity contribution < 1.29 is 16.8 Å². The van der Waals surface area contributed by atoms with Gasteiger partial charge in [0.15, 0.2) is 19.7 Å². The van der Waals surface area contributed by atoms with Crippen molar-refractivity contribution in [2.45, 2.75) is 147 Å². The maximum absolute atomic E-state index is 13.1. The van der Waals surface area contributed by atoms with E-state index in [0.29, 0.717) is 19.3 Å². The van der Waals surface area contributed by atoms with Crippen molar-refractivity contribution >= 4 is 19.7 Å². The van der Waals surface area contributed by atoms with Crippen molar-refractivity contribution in [1.29, 1.82) is 0 Å². The van der Waals surface area contributed by atoms with Gasteiger partial charge >= 0.3 is 0 Å². The first-order valence-corrected chi connectivity index (χ1v) is 15.9. The van der Waals surface area contributed by atoms with E-state index >= 15 is 0 Å². The van der Waals surface area contributed by atoms with Gasteiger partial charge in [-0.3, -0.25) is 0 Å². The summed E-state index contributed by atoms with van der Waals surface area (Å²) in [6.45, 7) is 9.46. The van der Waals surface area contributed by atoms with Gasteiger partial charge in [-0.2, -0.15) is 0 Å². The predicted molar refractivity (Wildman–Crippen MR) is 132 cm³/mol. The highest BCUT2D eigenvalue weighted by Gasteiger charge is 2.38. The van der Waals surface area contributed by atoms with E-state index in [4.69, 9.17) is 0 Å². The molecule has 0 aromatic carbocycles. The molecule has 0 spiro atoms. The zero-order valence-electron chi connectivity index (χ0n) is 20.5. The predicted octanol–water partition coefficient (Wildman–Crippen LogP) is 6.87. The third-order valence-electron chi connectivity index (χ3n) is 6.58. The summed E-state index contributed by atoms with van der Waals surface area (Å²) in [5.41, 5.74) is 0. The van der Waals surface area contributed by atoms with Crippen LogP contribution < -0.4 is 0 Å². The summed E-state index contributed by atoms with van der Waals surface area (Å²) in [6.07, 6.45) is 15.4. The molecular weight excluding hydrogens is 416 g/mol. The molecule has 4 nitrogen and oxygen atoms in total. The maximum atomic E-state index is 13.1. The van der Waals surface area contributed by atoms with Crippen molar-refractivity contribution in [3.63, 3.8) is 0 Å². The molecule has 0 aliphatic carbocycles. The SMILES string of the molecule is CCCCCCCCCCS(=O)(=O)C(C)C(C)S(=O)(=O)C(CC)CCCCCCC. The molecule has 0 bridgehead atoms. The van der Waals surface area contributed by atoms with Gasteiger partial charge in [-0.25, -0.2) is 16.8 Å². The number of rotatable bonds is 20. The Morgan fingerprint density at radius 2 is 1.00 bits per heavy atom. The van der Waals surface area contributed by atoms with Gasteiger partial charge in [0.1, 0.15) is 0 Å². The molecule has 0 aliphatic heterocycles. The van der Waals surface area contributed by atoms with Crippen LogP contribution in [0.1, 0.15) is 131 Å². The summed E-state index contributed by atoms with van der Waals surface area (Å²) in [7, 11) is -6.85. The standard InChI is InChI=1S/C24H50O4S2/c1-6-9-11-13-14-15-17-19-21-29(25,26)22(4)23(5)30(27,28)24(8-3)20-18-16-12-10-7-2/h22-24H,6-21H2,1-5H3. The summed E-state index contributed by atoms with van der Waals surface area (Å²) >= 11 is 0. The van der Waals surface area contributed by atoms with Crippen LogP contribution in [0.15, 0.2) is 0 Å². The lowest BCUT2D eigenvalue weighted by molar-refractivity contribution is 0.527. The van der Waals surface area contributed by atoms with Gasteiger partial charge in [0, 0.05) is 0 Å². The van der Waals surface area contributed by atoms with Crippen LogP contribution in [0.2, 0.25) is 0 Å². The van der Waals surface area contributed by atoms with Gasteiger partial charge in [0.25, 0.3) is 0 Å².